The molecule has 0 aliphatic rings. The molecule has 18 heavy (non-hydrogen) atoms. The number of anilines is 1. The summed E-state index contributed by atoms with van der Waals surface area (Å²) in [5.41, 5.74) is 1.61. The van der Waals surface area contributed by atoms with Crippen molar-refractivity contribution in [3.05, 3.63) is 46.2 Å². The van der Waals surface area contributed by atoms with Gasteiger partial charge in [0, 0.05) is 11.2 Å². The monoisotopic (exact) mass is 300 g/mol. The van der Waals surface area contributed by atoms with E-state index in [-0.39, 0.29) is 0 Å². The molecular formula is C11H10Cl2N4S. The molecule has 0 aliphatic carbocycles. The van der Waals surface area contributed by atoms with Gasteiger partial charge in [0.2, 0.25) is 0 Å². The van der Waals surface area contributed by atoms with Crippen LogP contribution in [0.2, 0.25) is 10.0 Å². The molecule has 4 nitrogen and oxygen atoms in total. The van der Waals surface area contributed by atoms with Crippen LogP contribution in [0, 0.1) is 0 Å². The molecule has 0 saturated heterocycles. The first-order valence-electron chi connectivity index (χ1n) is 5.13. The summed E-state index contributed by atoms with van der Waals surface area (Å²) in [6.07, 6.45) is 1.68. The van der Waals surface area contributed by atoms with E-state index in [1.807, 2.05) is 6.07 Å². The summed E-state index contributed by atoms with van der Waals surface area (Å²) < 4.78 is 0. The Bertz CT molecular complexity index is 542. The highest BCUT2D eigenvalue weighted by Gasteiger charge is 2.03. The highest BCUT2D eigenvalue weighted by atomic mass is 35.5. The topological polar surface area (TPSA) is 52.7 Å². The van der Waals surface area contributed by atoms with E-state index in [0.717, 1.165) is 5.69 Å². The molecule has 1 aromatic carbocycles. The third-order valence-corrected chi connectivity index (χ3v) is 2.99. The zero-order valence-corrected chi connectivity index (χ0v) is 11.5. The lowest BCUT2D eigenvalue weighted by molar-refractivity contribution is 0.865. The van der Waals surface area contributed by atoms with Gasteiger partial charge in [-0.25, -0.2) is 0 Å². The van der Waals surface area contributed by atoms with Gasteiger partial charge in [0.05, 0.1) is 22.9 Å². The molecule has 0 atom stereocenters. The number of hydrogen-bond donors (Lipinski definition) is 3. The third kappa shape index (κ3) is 3.60. The van der Waals surface area contributed by atoms with E-state index in [1.165, 1.54) is 0 Å². The van der Waals surface area contributed by atoms with Crippen LogP contribution < -0.4 is 10.6 Å². The smallest absolute Gasteiger partial charge is 0.171 e. The molecule has 0 spiro atoms. The van der Waals surface area contributed by atoms with Crippen molar-refractivity contribution in [1.82, 2.24) is 15.5 Å². The highest BCUT2D eigenvalue weighted by molar-refractivity contribution is 7.80. The number of halogens is 2. The summed E-state index contributed by atoms with van der Waals surface area (Å²) in [5, 5.41) is 14.3. The summed E-state index contributed by atoms with van der Waals surface area (Å²) in [4.78, 5) is 0. The Balaban J connectivity index is 1.92. The fraction of sp³-hybridized carbons (Fsp3) is 0.0909. The Kier molecular flexibility index (Phi) is 4.41. The minimum absolute atomic E-state index is 0.466. The molecule has 0 radical (unpaired) electrons. The molecule has 2 aromatic rings. The van der Waals surface area contributed by atoms with Crippen LogP contribution in [0.1, 0.15) is 5.69 Å². The van der Waals surface area contributed by atoms with Crippen LogP contribution in [-0.4, -0.2) is 15.3 Å². The molecule has 1 heterocycles. The van der Waals surface area contributed by atoms with Gasteiger partial charge < -0.3 is 10.6 Å². The van der Waals surface area contributed by atoms with Crippen molar-refractivity contribution < 1.29 is 0 Å². The van der Waals surface area contributed by atoms with E-state index in [9.17, 15) is 0 Å². The largest absolute Gasteiger partial charge is 0.357 e. The number of rotatable bonds is 3. The number of thiocarbonyl (C=S) groups is 1. The van der Waals surface area contributed by atoms with Crippen LogP contribution in [0.4, 0.5) is 5.69 Å². The van der Waals surface area contributed by atoms with E-state index in [4.69, 9.17) is 35.4 Å². The van der Waals surface area contributed by atoms with E-state index < -0.39 is 0 Å². The van der Waals surface area contributed by atoms with Gasteiger partial charge in [-0.15, -0.1) is 0 Å². The van der Waals surface area contributed by atoms with Crippen molar-refractivity contribution in [1.29, 1.82) is 0 Å². The van der Waals surface area contributed by atoms with Crippen molar-refractivity contribution in [3.63, 3.8) is 0 Å². The quantitative estimate of drug-likeness (QED) is 0.762. The van der Waals surface area contributed by atoms with E-state index in [2.05, 4.69) is 20.8 Å². The molecule has 0 fully saturated rings. The van der Waals surface area contributed by atoms with Gasteiger partial charge in [-0.1, -0.05) is 23.2 Å². The average molecular weight is 301 g/mol. The highest BCUT2D eigenvalue weighted by Crippen LogP contribution is 2.25. The lowest BCUT2D eigenvalue weighted by Gasteiger charge is -2.11. The van der Waals surface area contributed by atoms with Crippen molar-refractivity contribution in [3.8, 4) is 0 Å². The summed E-state index contributed by atoms with van der Waals surface area (Å²) in [6, 6.07) is 7.01. The molecule has 0 bridgehead atoms. The number of aromatic amines is 1. The van der Waals surface area contributed by atoms with E-state index >= 15 is 0 Å². The number of aromatic nitrogens is 2. The third-order valence-electron chi connectivity index (χ3n) is 2.17. The Labute approximate surface area is 120 Å². The lowest BCUT2D eigenvalue weighted by atomic mass is 10.3. The SMILES string of the molecule is S=C(NCc1ccn[nH]1)Nc1cc(Cl)ccc1Cl. The minimum atomic E-state index is 0.466. The predicted octanol–water partition coefficient (Wildman–Crippen LogP) is 3.20. The summed E-state index contributed by atoms with van der Waals surface area (Å²) in [6.45, 7) is 0.560. The van der Waals surface area contributed by atoms with E-state index in [1.54, 1.807) is 24.4 Å². The lowest BCUT2D eigenvalue weighted by Crippen LogP contribution is -2.28. The Morgan fingerprint density at radius 2 is 2.17 bits per heavy atom. The first kappa shape index (κ1) is 13.1. The second kappa shape index (κ2) is 6.04. The summed E-state index contributed by atoms with van der Waals surface area (Å²) in [5.74, 6) is 0. The molecule has 94 valence electrons. The first-order valence-corrected chi connectivity index (χ1v) is 6.30. The summed E-state index contributed by atoms with van der Waals surface area (Å²) in [7, 11) is 0. The molecule has 2 rings (SSSR count). The van der Waals surface area contributed by atoms with Gasteiger partial charge >= 0.3 is 0 Å². The Hall–Kier alpha value is -1.30. The van der Waals surface area contributed by atoms with Gasteiger partial charge in [0.15, 0.2) is 5.11 Å². The van der Waals surface area contributed by atoms with Crippen LogP contribution >= 0.6 is 35.4 Å². The maximum absolute atomic E-state index is 6.02. The van der Waals surface area contributed by atoms with Gasteiger partial charge in [0.1, 0.15) is 0 Å². The fourth-order valence-electron chi connectivity index (χ4n) is 1.32. The molecule has 0 amide bonds. The van der Waals surface area contributed by atoms with Gasteiger partial charge in [-0.05, 0) is 36.5 Å². The van der Waals surface area contributed by atoms with Crippen molar-refractivity contribution in [2.45, 2.75) is 6.54 Å². The molecule has 3 N–H and O–H groups in total. The van der Waals surface area contributed by atoms with Gasteiger partial charge in [-0.2, -0.15) is 5.10 Å². The normalized spacial score (nSPS) is 10.1. The second-order valence-electron chi connectivity index (χ2n) is 3.51. The standard InChI is InChI=1S/C11H10Cl2N4S/c12-7-1-2-9(13)10(5-7)16-11(18)14-6-8-3-4-15-17-8/h1-5H,6H2,(H,15,17)(H2,14,16,18). The van der Waals surface area contributed by atoms with Crippen LogP contribution in [-0.2, 0) is 6.54 Å². The fourth-order valence-corrected chi connectivity index (χ4v) is 1.84. The van der Waals surface area contributed by atoms with Crippen molar-refractivity contribution >= 4 is 46.2 Å². The molecule has 1 aromatic heterocycles. The van der Waals surface area contributed by atoms with Crippen LogP contribution in [0.5, 0.6) is 0 Å². The average Bonchev–Trinajstić information content (AvgIpc) is 2.84. The Morgan fingerprint density at radius 1 is 1.33 bits per heavy atom. The van der Waals surface area contributed by atoms with Crippen LogP contribution in [0.3, 0.4) is 0 Å². The van der Waals surface area contributed by atoms with E-state index in [0.29, 0.717) is 27.4 Å². The van der Waals surface area contributed by atoms with Crippen molar-refractivity contribution in [2.24, 2.45) is 0 Å². The molecule has 0 saturated carbocycles. The zero-order valence-electron chi connectivity index (χ0n) is 9.21. The number of H-pyrrole nitrogens is 1. The number of nitrogens with zero attached hydrogens (tertiary/aromatic N) is 1. The molecule has 0 aliphatic heterocycles. The maximum Gasteiger partial charge on any atom is 0.171 e. The van der Waals surface area contributed by atoms with Gasteiger partial charge in [-0.3, -0.25) is 5.10 Å². The van der Waals surface area contributed by atoms with Crippen molar-refractivity contribution in [2.75, 3.05) is 5.32 Å². The van der Waals surface area contributed by atoms with Gasteiger partial charge in [0.25, 0.3) is 0 Å². The van der Waals surface area contributed by atoms with Crippen LogP contribution in [0.25, 0.3) is 0 Å². The second-order valence-corrected chi connectivity index (χ2v) is 4.77. The number of nitrogens with one attached hydrogen (secondary N) is 3. The number of hydrogen-bond acceptors (Lipinski definition) is 2. The molecule has 7 heteroatoms. The number of benzene rings is 1. The first-order chi connectivity index (χ1) is 8.65. The van der Waals surface area contributed by atoms with Crippen LogP contribution in [0.15, 0.2) is 30.5 Å². The molecule has 0 unspecified atom stereocenters. The Morgan fingerprint density at radius 3 is 2.89 bits per heavy atom. The zero-order chi connectivity index (χ0) is 13.0. The maximum atomic E-state index is 6.02. The predicted molar refractivity (Wildman–Crippen MR) is 78.1 cm³/mol. The summed E-state index contributed by atoms with van der Waals surface area (Å²) >= 11 is 17.1. The molecular weight excluding hydrogens is 291 g/mol. The minimum Gasteiger partial charge on any atom is -0.357 e.